The number of alkyl halides is 3. The Labute approximate surface area is 128 Å². The summed E-state index contributed by atoms with van der Waals surface area (Å²) in [6.45, 7) is 0. The number of hydrogen-bond acceptors (Lipinski definition) is 2. The molecule has 0 aliphatic heterocycles. The average molecular weight is 320 g/mol. The van der Waals surface area contributed by atoms with Crippen LogP contribution in [0.15, 0.2) is 48.5 Å². The molecular formula is C16H11F3N2O2. The van der Waals surface area contributed by atoms with Crippen LogP contribution in [0.5, 0.6) is 5.75 Å². The van der Waals surface area contributed by atoms with E-state index in [-0.39, 0.29) is 5.75 Å². The van der Waals surface area contributed by atoms with Gasteiger partial charge >= 0.3 is 6.36 Å². The number of halogens is 3. The highest BCUT2D eigenvalue weighted by Gasteiger charge is 2.30. The number of ether oxygens (including phenoxy) is 1. The minimum Gasteiger partial charge on any atom is -0.406 e. The molecule has 0 bridgehead atoms. The summed E-state index contributed by atoms with van der Waals surface area (Å²) in [6.07, 6.45) is -4.71. The molecule has 4 nitrogen and oxygen atoms in total. The highest BCUT2D eigenvalue weighted by Crippen LogP contribution is 2.28. The molecule has 23 heavy (non-hydrogen) atoms. The zero-order valence-corrected chi connectivity index (χ0v) is 11.6. The Morgan fingerprint density at radius 3 is 2.26 bits per heavy atom. The molecule has 0 fully saturated rings. The van der Waals surface area contributed by atoms with Crippen molar-refractivity contribution in [2.24, 2.45) is 5.73 Å². The molecule has 118 valence electrons. The van der Waals surface area contributed by atoms with E-state index < -0.39 is 12.3 Å². The molecular weight excluding hydrogens is 309 g/mol. The molecule has 3 rings (SSSR count). The van der Waals surface area contributed by atoms with E-state index in [1.165, 1.54) is 24.3 Å². The molecule has 7 heteroatoms. The molecule has 0 spiro atoms. The molecule has 0 unspecified atom stereocenters. The third kappa shape index (κ3) is 3.28. The highest BCUT2D eigenvalue weighted by atomic mass is 19.4. The van der Waals surface area contributed by atoms with Crippen molar-refractivity contribution in [1.29, 1.82) is 0 Å². The molecule has 0 saturated heterocycles. The SMILES string of the molecule is NC(=O)c1cc2cc(-c3ccc(OC(F)(F)F)cc3)ccc2[nH]1. The van der Waals surface area contributed by atoms with Crippen molar-refractivity contribution in [2.45, 2.75) is 6.36 Å². The van der Waals surface area contributed by atoms with Gasteiger partial charge in [-0.2, -0.15) is 0 Å². The number of primary amides is 1. The van der Waals surface area contributed by atoms with Crippen molar-refractivity contribution < 1.29 is 22.7 Å². The van der Waals surface area contributed by atoms with E-state index in [9.17, 15) is 18.0 Å². The van der Waals surface area contributed by atoms with Crippen molar-refractivity contribution in [3.8, 4) is 16.9 Å². The number of nitrogens with two attached hydrogens (primary N) is 1. The van der Waals surface area contributed by atoms with E-state index in [1.807, 2.05) is 6.07 Å². The lowest BCUT2D eigenvalue weighted by Gasteiger charge is -2.09. The summed E-state index contributed by atoms with van der Waals surface area (Å²) in [4.78, 5) is 14.1. The van der Waals surface area contributed by atoms with Gasteiger partial charge in [0, 0.05) is 10.9 Å². The Kier molecular flexibility index (Phi) is 3.48. The van der Waals surface area contributed by atoms with Crippen LogP contribution in [0, 0.1) is 0 Å². The summed E-state index contributed by atoms with van der Waals surface area (Å²) in [7, 11) is 0. The van der Waals surface area contributed by atoms with Gasteiger partial charge in [0.05, 0.1) is 0 Å². The molecule has 2 aromatic carbocycles. The number of carbonyl (C=O) groups is 1. The van der Waals surface area contributed by atoms with Gasteiger partial charge in [-0.25, -0.2) is 0 Å². The standard InChI is InChI=1S/C16H11F3N2O2/c17-16(18,19)23-12-4-1-9(2-5-12)10-3-6-13-11(7-10)8-14(21-13)15(20)22/h1-8,21H,(H2,20,22). The molecule has 0 radical (unpaired) electrons. The van der Waals surface area contributed by atoms with Crippen LogP contribution < -0.4 is 10.5 Å². The summed E-state index contributed by atoms with van der Waals surface area (Å²) in [5.74, 6) is -0.837. The number of hydrogen-bond donors (Lipinski definition) is 2. The number of fused-ring (bicyclic) bond motifs is 1. The minimum absolute atomic E-state index is 0.278. The van der Waals surface area contributed by atoms with E-state index in [0.717, 1.165) is 22.0 Å². The van der Waals surface area contributed by atoms with Crippen LogP contribution in [0.3, 0.4) is 0 Å². The zero-order valence-electron chi connectivity index (χ0n) is 11.6. The maximum absolute atomic E-state index is 12.1. The van der Waals surface area contributed by atoms with Gasteiger partial charge in [0.2, 0.25) is 0 Å². The summed E-state index contributed by atoms with van der Waals surface area (Å²) < 4.78 is 40.3. The van der Waals surface area contributed by atoms with Gasteiger partial charge in [0.1, 0.15) is 11.4 Å². The van der Waals surface area contributed by atoms with Crippen molar-refractivity contribution in [3.05, 3.63) is 54.2 Å². The lowest BCUT2D eigenvalue weighted by molar-refractivity contribution is -0.274. The van der Waals surface area contributed by atoms with Crippen LogP contribution in [-0.2, 0) is 0 Å². The first kappa shape index (κ1) is 15.0. The van der Waals surface area contributed by atoms with Gasteiger partial charge in [-0.3, -0.25) is 4.79 Å². The van der Waals surface area contributed by atoms with Crippen LogP contribution in [0.1, 0.15) is 10.5 Å². The minimum atomic E-state index is -4.71. The summed E-state index contributed by atoms with van der Waals surface area (Å²) in [5.41, 5.74) is 7.79. The Hall–Kier alpha value is -2.96. The average Bonchev–Trinajstić information content (AvgIpc) is 2.89. The Morgan fingerprint density at radius 2 is 1.65 bits per heavy atom. The normalized spacial score (nSPS) is 11.6. The summed E-state index contributed by atoms with van der Waals surface area (Å²) in [6, 6.07) is 12.6. The Morgan fingerprint density at radius 1 is 1.00 bits per heavy atom. The second-order valence-corrected chi connectivity index (χ2v) is 4.92. The highest BCUT2D eigenvalue weighted by molar-refractivity contribution is 5.98. The predicted octanol–water partition coefficient (Wildman–Crippen LogP) is 3.83. The largest absolute Gasteiger partial charge is 0.573 e. The third-order valence-electron chi connectivity index (χ3n) is 3.31. The lowest BCUT2D eigenvalue weighted by atomic mass is 10.0. The summed E-state index contributed by atoms with van der Waals surface area (Å²) >= 11 is 0. The molecule has 1 heterocycles. The fourth-order valence-electron chi connectivity index (χ4n) is 2.29. The molecule has 0 aliphatic carbocycles. The van der Waals surface area contributed by atoms with Gasteiger partial charge < -0.3 is 15.5 Å². The Balaban J connectivity index is 1.92. The van der Waals surface area contributed by atoms with Crippen molar-refractivity contribution in [3.63, 3.8) is 0 Å². The van der Waals surface area contributed by atoms with Crippen LogP contribution in [0.2, 0.25) is 0 Å². The quantitative estimate of drug-likeness (QED) is 0.770. The van der Waals surface area contributed by atoms with Gasteiger partial charge in [0.25, 0.3) is 5.91 Å². The number of H-pyrrole nitrogens is 1. The monoisotopic (exact) mass is 320 g/mol. The number of carbonyl (C=O) groups excluding carboxylic acids is 1. The maximum atomic E-state index is 12.1. The third-order valence-corrected chi connectivity index (χ3v) is 3.31. The van der Waals surface area contributed by atoms with Gasteiger partial charge in [0.15, 0.2) is 0 Å². The van der Waals surface area contributed by atoms with Gasteiger partial charge in [-0.1, -0.05) is 18.2 Å². The predicted molar refractivity (Wildman–Crippen MR) is 78.9 cm³/mol. The van der Waals surface area contributed by atoms with Crippen molar-refractivity contribution >= 4 is 16.8 Å². The van der Waals surface area contributed by atoms with Crippen molar-refractivity contribution in [2.75, 3.05) is 0 Å². The molecule has 0 aliphatic rings. The molecule has 3 N–H and O–H groups in total. The van der Waals surface area contributed by atoms with E-state index >= 15 is 0 Å². The summed E-state index contributed by atoms with van der Waals surface area (Å²) in [5, 5.41) is 0.784. The van der Waals surface area contributed by atoms with Crippen LogP contribution in [0.4, 0.5) is 13.2 Å². The maximum Gasteiger partial charge on any atom is 0.573 e. The first-order valence-electron chi connectivity index (χ1n) is 6.60. The van der Waals surface area contributed by atoms with Crippen LogP contribution in [-0.4, -0.2) is 17.3 Å². The van der Waals surface area contributed by atoms with Crippen LogP contribution >= 0.6 is 0 Å². The number of benzene rings is 2. The fraction of sp³-hybridized carbons (Fsp3) is 0.0625. The van der Waals surface area contributed by atoms with E-state index in [4.69, 9.17) is 5.73 Å². The lowest BCUT2D eigenvalue weighted by Crippen LogP contribution is -2.16. The number of aromatic amines is 1. The second kappa shape index (κ2) is 5.35. The number of rotatable bonds is 3. The smallest absolute Gasteiger partial charge is 0.406 e. The van der Waals surface area contributed by atoms with E-state index in [1.54, 1.807) is 18.2 Å². The molecule has 3 aromatic rings. The number of aromatic nitrogens is 1. The molecule has 0 saturated carbocycles. The van der Waals surface area contributed by atoms with Gasteiger partial charge in [-0.15, -0.1) is 13.2 Å². The fourth-order valence-corrected chi connectivity index (χ4v) is 2.29. The topological polar surface area (TPSA) is 68.1 Å². The molecule has 1 amide bonds. The number of nitrogens with one attached hydrogen (secondary N) is 1. The number of amides is 1. The first-order chi connectivity index (χ1) is 10.8. The first-order valence-corrected chi connectivity index (χ1v) is 6.60. The second-order valence-electron chi connectivity index (χ2n) is 4.92. The van der Waals surface area contributed by atoms with E-state index in [0.29, 0.717) is 5.69 Å². The van der Waals surface area contributed by atoms with Gasteiger partial charge in [-0.05, 0) is 41.5 Å². The molecule has 1 aromatic heterocycles. The molecule has 0 atom stereocenters. The zero-order chi connectivity index (χ0) is 16.6. The Bertz CT molecular complexity index is 867. The van der Waals surface area contributed by atoms with Crippen LogP contribution in [0.25, 0.3) is 22.0 Å². The van der Waals surface area contributed by atoms with Crippen molar-refractivity contribution in [1.82, 2.24) is 4.98 Å². The van der Waals surface area contributed by atoms with E-state index in [2.05, 4.69) is 9.72 Å².